The Hall–Kier alpha value is -2.07. The molecule has 0 saturated heterocycles. The van der Waals surface area contributed by atoms with Gasteiger partial charge in [-0.15, -0.1) is 0 Å². The molecule has 0 bridgehead atoms. The number of hydrogen-bond donors (Lipinski definition) is 0. The SMILES string of the molecule is COC(=O)/C(=C\c1ccc(C)cc1)COc1ccccc1Br. The van der Waals surface area contributed by atoms with Gasteiger partial charge in [-0.05, 0) is 46.6 Å². The molecule has 0 aliphatic heterocycles. The fourth-order valence-electron chi connectivity index (χ4n) is 1.87. The molecular weight excluding hydrogens is 344 g/mol. The summed E-state index contributed by atoms with van der Waals surface area (Å²) in [5.41, 5.74) is 2.56. The maximum absolute atomic E-state index is 11.9. The lowest BCUT2D eigenvalue weighted by Crippen LogP contribution is -2.12. The van der Waals surface area contributed by atoms with Crippen LogP contribution in [0.4, 0.5) is 0 Å². The van der Waals surface area contributed by atoms with Crippen molar-refractivity contribution in [2.24, 2.45) is 0 Å². The predicted octanol–water partition coefficient (Wildman–Crippen LogP) is 4.39. The summed E-state index contributed by atoms with van der Waals surface area (Å²) in [6.45, 7) is 2.16. The average Bonchev–Trinajstić information content (AvgIpc) is 2.54. The molecule has 0 amide bonds. The molecule has 0 unspecified atom stereocenters. The van der Waals surface area contributed by atoms with Crippen LogP contribution in [0.15, 0.2) is 58.6 Å². The first-order chi connectivity index (χ1) is 10.6. The smallest absolute Gasteiger partial charge is 0.337 e. The summed E-state index contributed by atoms with van der Waals surface area (Å²) in [5.74, 6) is 0.286. The van der Waals surface area contributed by atoms with Gasteiger partial charge in [0.1, 0.15) is 12.4 Å². The van der Waals surface area contributed by atoms with Crippen molar-refractivity contribution in [3.8, 4) is 5.75 Å². The van der Waals surface area contributed by atoms with Crippen molar-refractivity contribution in [2.45, 2.75) is 6.92 Å². The summed E-state index contributed by atoms with van der Waals surface area (Å²) in [5, 5.41) is 0. The Balaban J connectivity index is 2.18. The highest BCUT2D eigenvalue weighted by Gasteiger charge is 2.11. The normalized spacial score (nSPS) is 11.1. The maximum atomic E-state index is 11.9. The van der Waals surface area contributed by atoms with Crippen molar-refractivity contribution in [1.82, 2.24) is 0 Å². The Kier molecular flexibility index (Phi) is 5.78. The van der Waals surface area contributed by atoms with E-state index in [0.29, 0.717) is 11.3 Å². The number of benzene rings is 2. The van der Waals surface area contributed by atoms with Gasteiger partial charge in [0.15, 0.2) is 0 Å². The van der Waals surface area contributed by atoms with Crippen LogP contribution in [0.25, 0.3) is 6.08 Å². The van der Waals surface area contributed by atoms with Crippen LogP contribution >= 0.6 is 15.9 Å². The van der Waals surface area contributed by atoms with E-state index in [1.807, 2.05) is 55.5 Å². The lowest BCUT2D eigenvalue weighted by Gasteiger charge is -2.10. The molecule has 0 heterocycles. The average molecular weight is 361 g/mol. The quantitative estimate of drug-likeness (QED) is 0.585. The highest BCUT2D eigenvalue weighted by Crippen LogP contribution is 2.24. The number of esters is 1. The second-order valence-corrected chi connectivity index (χ2v) is 5.65. The van der Waals surface area contributed by atoms with Crippen LogP contribution in [-0.2, 0) is 9.53 Å². The van der Waals surface area contributed by atoms with Crippen LogP contribution < -0.4 is 4.74 Å². The number of halogens is 1. The van der Waals surface area contributed by atoms with E-state index in [0.717, 1.165) is 10.0 Å². The van der Waals surface area contributed by atoms with Crippen molar-refractivity contribution in [3.05, 3.63) is 69.7 Å². The fourth-order valence-corrected chi connectivity index (χ4v) is 2.27. The fraction of sp³-hybridized carbons (Fsp3) is 0.167. The van der Waals surface area contributed by atoms with Gasteiger partial charge in [-0.3, -0.25) is 0 Å². The molecule has 4 heteroatoms. The molecule has 0 spiro atoms. The van der Waals surface area contributed by atoms with Crippen LogP contribution in [-0.4, -0.2) is 19.7 Å². The summed E-state index contributed by atoms with van der Waals surface area (Å²) in [7, 11) is 1.36. The molecule has 3 nitrogen and oxygen atoms in total. The molecule has 0 aliphatic rings. The van der Waals surface area contributed by atoms with Crippen LogP contribution in [0.2, 0.25) is 0 Å². The Morgan fingerprint density at radius 3 is 2.45 bits per heavy atom. The largest absolute Gasteiger partial charge is 0.487 e. The van der Waals surface area contributed by atoms with Gasteiger partial charge >= 0.3 is 5.97 Å². The summed E-state index contributed by atoms with van der Waals surface area (Å²) in [6.07, 6.45) is 1.78. The van der Waals surface area contributed by atoms with E-state index < -0.39 is 5.97 Å². The van der Waals surface area contributed by atoms with Crippen molar-refractivity contribution in [3.63, 3.8) is 0 Å². The maximum Gasteiger partial charge on any atom is 0.337 e. The topological polar surface area (TPSA) is 35.5 Å². The van der Waals surface area contributed by atoms with Crippen LogP contribution in [0.5, 0.6) is 5.75 Å². The number of para-hydroxylation sites is 1. The third-order valence-electron chi connectivity index (χ3n) is 3.09. The molecule has 2 aromatic carbocycles. The number of hydrogen-bond acceptors (Lipinski definition) is 3. The molecule has 2 aromatic rings. The first kappa shape index (κ1) is 16.3. The third kappa shape index (κ3) is 4.46. The zero-order chi connectivity index (χ0) is 15.9. The van der Waals surface area contributed by atoms with Gasteiger partial charge in [-0.1, -0.05) is 42.0 Å². The second kappa shape index (κ2) is 7.80. The molecule has 0 saturated carbocycles. The monoisotopic (exact) mass is 360 g/mol. The highest BCUT2D eigenvalue weighted by molar-refractivity contribution is 9.10. The number of rotatable bonds is 5. The minimum Gasteiger partial charge on any atom is -0.487 e. The molecule has 0 aromatic heterocycles. The Labute approximate surface area is 138 Å². The van der Waals surface area contributed by atoms with Gasteiger partial charge in [0.25, 0.3) is 0 Å². The zero-order valence-electron chi connectivity index (χ0n) is 12.5. The Bertz CT molecular complexity index is 675. The lowest BCUT2D eigenvalue weighted by atomic mass is 10.1. The number of ether oxygens (including phenoxy) is 2. The van der Waals surface area contributed by atoms with E-state index in [-0.39, 0.29) is 6.61 Å². The van der Waals surface area contributed by atoms with Gasteiger partial charge < -0.3 is 9.47 Å². The van der Waals surface area contributed by atoms with Gasteiger partial charge in [-0.25, -0.2) is 4.79 Å². The van der Waals surface area contributed by atoms with Crippen molar-refractivity contribution in [2.75, 3.05) is 13.7 Å². The van der Waals surface area contributed by atoms with Crippen LogP contribution in [0, 0.1) is 6.92 Å². The number of aryl methyl sites for hydroxylation is 1. The minimum absolute atomic E-state index is 0.142. The summed E-state index contributed by atoms with van der Waals surface area (Å²) in [4.78, 5) is 11.9. The molecule has 2 rings (SSSR count). The molecule has 0 aliphatic carbocycles. The number of carbonyl (C=O) groups is 1. The second-order valence-electron chi connectivity index (χ2n) is 4.79. The third-order valence-corrected chi connectivity index (χ3v) is 3.74. The van der Waals surface area contributed by atoms with E-state index in [1.54, 1.807) is 6.08 Å². The van der Waals surface area contributed by atoms with Gasteiger partial charge in [0.05, 0.1) is 17.2 Å². The Morgan fingerprint density at radius 1 is 1.14 bits per heavy atom. The van der Waals surface area contributed by atoms with Crippen LogP contribution in [0.3, 0.4) is 0 Å². The van der Waals surface area contributed by atoms with E-state index >= 15 is 0 Å². The van der Waals surface area contributed by atoms with Crippen molar-refractivity contribution in [1.29, 1.82) is 0 Å². The lowest BCUT2D eigenvalue weighted by molar-refractivity contribution is -0.136. The standard InChI is InChI=1S/C18H17BrO3/c1-13-7-9-14(10-8-13)11-15(18(20)21-2)12-22-17-6-4-3-5-16(17)19/h3-11H,12H2,1-2H3/b15-11-. The van der Waals surface area contributed by atoms with Crippen LogP contribution in [0.1, 0.15) is 11.1 Å². The predicted molar refractivity (Wildman–Crippen MR) is 90.8 cm³/mol. The van der Waals surface area contributed by atoms with Gasteiger partial charge in [0, 0.05) is 0 Å². The minimum atomic E-state index is -0.396. The summed E-state index contributed by atoms with van der Waals surface area (Å²) < 4.78 is 11.4. The molecular formula is C18H17BrO3. The number of carbonyl (C=O) groups excluding carboxylic acids is 1. The Morgan fingerprint density at radius 2 is 1.82 bits per heavy atom. The summed E-state index contributed by atoms with van der Waals surface area (Å²) >= 11 is 3.41. The first-order valence-electron chi connectivity index (χ1n) is 6.83. The molecule has 0 radical (unpaired) electrons. The van der Waals surface area contributed by atoms with Gasteiger partial charge in [0.2, 0.25) is 0 Å². The highest BCUT2D eigenvalue weighted by atomic mass is 79.9. The van der Waals surface area contributed by atoms with E-state index in [1.165, 1.54) is 12.7 Å². The molecule has 22 heavy (non-hydrogen) atoms. The zero-order valence-corrected chi connectivity index (χ0v) is 14.1. The van der Waals surface area contributed by atoms with Crippen molar-refractivity contribution >= 4 is 28.0 Å². The molecule has 0 N–H and O–H groups in total. The van der Waals surface area contributed by atoms with Crippen molar-refractivity contribution < 1.29 is 14.3 Å². The first-order valence-corrected chi connectivity index (χ1v) is 7.62. The van der Waals surface area contributed by atoms with E-state index in [4.69, 9.17) is 9.47 Å². The van der Waals surface area contributed by atoms with Gasteiger partial charge in [-0.2, -0.15) is 0 Å². The van der Waals surface area contributed by atoms with E-state index in [2.05, 4.69) is 15.9 Å². The number of methoxy groups -OCH3 is 1. The van der Waals surface area contributed by atoms with E-state index in [9.17, 15) is 4.79 Å². The molecule has 0 fully saturated rings. The molecule has 114 valence electrons. The molecule has 0 atom stereocenters. The summed E-state index contributed by atoms with van der Waals surface area (Å²) in [6, 6.07) is 15.4.